The van der Waals surface area contributed by atoms with Crippen LogP contribution >= 0.6 is 11.6 Å². The zero-order chi connectivity index (χ0) is 17.3. The Morgan fingerprint density at radius 1 is 0.870 bits per heavy atom. The summed E-state index contributed by atoms with van der Waals surface area (Å²) in [6.45, 7) is 0. The maximum Gasteiger partial charge on any atom is 0.573 e. The molecular weight excluding hydrogens is 346 g/mol. The third-order valence-electron chi connectivity index (χ3n) is 2.94. The molecule has 0 N–H and O–H groups in total. The van der Waals surface area contributed by atoms with Crippen LogP contribution in [-0.2, 0) is 12.1 Å². The van der Waals surface area contributed by atoms with Crippen molar-refractivity contribution in [2.75, 3.05) is 0 Å². The van der Waals surface area contributed by atoms with Crippen LogP contribution < -0.4 is 4.74 Å². The Morgan fingerprint density at radius 2 is 1.48 bits per heavy atom. The summed E-state index contributed by atoms with van der Waals surface area (Å²) in [6, 6.07) is 7.57. The van der Waals surface area contributed by atoms with Crippen molar-refractivity contribution in [2.24, 2.45) is 0 Å². The third-order valence-corrected chi connectivity index (χ3v) is 3.25. The molecule has 8 heteroatoms. The Balaban J connectivity index is 2.44. The Bertz CT molecular complexity index is 676. The summed E-state index contributed by atoms with van der Waals surface area (Å²) >= 11 is 5.62. The van der Waals surface area contributed by atoms with E-state index in [-0.39, 0.29) is 17.0 Å². The number of alkyl halides is 7. The summed E-state index contributed by atoms with van der Waals surface area (Å²) in [5.41, 5.74) is -0.478. The van der Waals surface area contributed by atoms with Gasteiger partial charge in [0.05, 0.1) is 5.56 Å². The van der Waals surface area contributed by atoms with E-state index in [9.17, 15) is 26.3 Å². The van der Waals surface area contributed by atoms with E-state index in [0.717, 1.165) is 30.3 Å². The summed E-state index contributed by atoms with van der Waals surface area (Å²) < 4.78 is 79.2. The van der Waals surface area contributed by atoms with Crippen LogP contribution in [0.2, 0.25) is 0 Å². The van der Waals surface area contributed by atoms with E-state index in [0.29, 0.717) is 5.56 Å². The maximum atomic E-state index is 13.1. The number of benzene rings is 2. The first-order valence-corrected chi connectivity index (χ1v) is 6.76. The van der Waals surface area contributed by atoms with Gasteiger partial charge in [-0.1, -0.05) is 18.2 Å². The topological polar surface area (TPSA) is 9.23 Å². The minimum absolute atomic E-state index is 0.0143. The van der Waals surface area contributed by atoms with Crippen LogP contribution in [-0.4, -0.2) is 6.36 Å². The molecule has 2 rings (SSSR count). The van der Waals surface area contributed by atoms with Crippen molar-refractivity contribution in [1.82, 2.24) is 0 Å². The molecule has 0 saturated carbocycles. The van der Waals surface area contributed by atoms with Crippen molar-refractivity contribution < 1.29 is 31.1 Å². The Morgan fingerprint density at radius 3 is 1.96 bits per heavy atom. The third kappa shape index (κ3) is 4.54. The quantitative estimate of drug-likeness (QED) is 0.484. The normalized spacial score (nSPS) is 12.3. The largest absolute Gasteiger partial charge is 0.573 e. The lowest BCUT2D eigenvalue weighted by Gasteiger charge is -2.15. The van der Waals surface area contributed by atoms with Crippen LogP contribution in [0.1, 0.15) is 11.1 Å². The summed E-state index contributed by atoms with van der Waals surface area (Å²) in [7, 11) is 0. The highest BCUT2D eigenvalue weighted by atomic mass is 35.5. The van der Waals surface area contributed by atoms with Gasteiger partial charge in [-0.15, -0.1) is 24.8 Å². The van der Waals surface area contributed by atoms with Gasteiger partial charge in [0.15, 0.2) is 0 Å². The van der Waals surface area contributed by atoms with E-state index in [1.807, 2.05) is 0 Å². The van der Waals surface area contributed by atoms with Gasteiger partial charge in [0.1, 0.15) is 5.75 Å². The summed E-state index contributed by atoms with van der Waals surface area (Å²) in [4.78, 5) is 0. The molecule has 0 unspecified atom stereocenters. The summed E-state index contributed by atoms with van der Waals surface area (Å²) in [5, 5.41) is 0. The highest BCUT2D eigenvalue weighted by molar-refractivity contribution is 6.17. The number of hydrogen-bond acceptors (Lipinski definition) is 1. The Hall–Kier alpha value is -1.89. The molecule has 0 bridgehead atoms. The van der Waals surface area contributed by atoms with Crippen LogP contribution in [0.5, 0.6) is 5.75 Å². The molecule has 0 amide bonds. The van der Waals surface area contributed by atoms with Crippen LogP contribution in [0.15, 0.2) is 42.5 Å². The molecule has 0 aliphatic rings. The molecule has 1 nitrogen and oxygen atoms in total. The van der Waals surface area contributed by atoms with Crippen LogP contribution in [0.3, 0.4) is 0 Å². The molecular formula is C15H9ClF6O. The predicted octanol–water partition coefficient (Wildman–Crippen LogP) is 6.01. The smallest absolute Gasteiger partial charge is 0.406 e. The molecule has 23 heavy (non-hydrogen) atoms. The molecule has 2 aromatic carbocycles. The van der Waals surface area contributed by atoms with Crippen molar-refractivity contribution in [3.8, 4) is 16.9 Å². The maximum absolute atomic E-state index is 13.1. The second-order valence-electron chi connectivity index (χ2n) is 4.58. The molecule has 2 aromatic rings. The van der Waals surface area contributed by atoms with Crippen molar-refractivity contribution >= 4 is 11.6 Å². The second kappa shape index (κ2) is 6.31. The summed E-state index contributed by atoms with van der Waals surface area (Å²) in [5.74, 6) is -0.497. The molecule has 0 spiro atoms. The zero-order valence-corrected chi connectivity index (χ0v) is 12.1. The summed E-state index contributed by atoms with van der Waals surface area (Å²) in [6.07, 6.45) is -9.46. The van der Waals surface area contributed by atoms with Crippen molar-refractivity contribution in [3.05, 3.63) is 53.6 Å². The van der Waals surface area contributed by atoms with Gasteiger partial charge in [0, 0.05) is 5.88 Å². The average Bonchev–Trinajstić information content (AvgIpc) is 2.45. The lowest BCUT2D eigenvalue weighted by atomic mass is 9.97. The van der Waals surface area contributed by atoms with Gasteiger partial charge in [0.25, 0.3) is 0 Å². The van der Waals surface area contributed by atoms with Crippen LogP contribution in [0.4, 0.5) is 26.3 Å². The fraction of sp³-hybridized carbons (Fsp3) is 0.200. The van der Waals surface area contributed by atoms with Crippen LogP contribution in [0.25, 0.3) is 11.1 Å². The fourth-order valence-corrected chi connectivity index (χ4v) is 2.16. The number of hydrogen-bond donors (Lipinski definition) is 0. The first-order valence-electron chi connectivity index (χ1n) is 6.22. The molecule has 0 aromatic heterocycles. The van der Waals surface area contributed by atoms with Gasteiger partial charge in [-0.05, 0) is 41.0 Å². The lowest BCUT2D eigenvalue weighted by molar-refractivity contribution is -0.274. The monoisotopic (exact) mass is 354 g/mol. The number of rotatable bonds is 3. The average molecular weight is 355 g/mol. The Kier molecular flexibility index (Phi) is 4.79. The number of halogens is 7. The van der Waals surface area contributed by atoms with Gasteiger partial charge in [-0.2, -0.15) is 13.2 Å². The molecule has 0 heterocycles. The van der Waals surface area contributed by atoms with Crippen molar-refractivity contribution in [1.29, 1.82) is 0 Å². The van der Waals surface area contributed by atoms with E-state index >= 15 is 0 Å². The van der Waals surface area contributed by atoms with Gasteiger partial charge >= 0.3 is 12.5 Å². The zero-order valence-electron chi connectivity index (χ0n) is 11.3. The SMILES string of the molecule is FC(F)(F)Oc1ccc(-c2cc(CCl)ccc2C(F)(F)F)cc1. The molecule has 0 radical (unpaired) electrons. The van der Waals surface area contributed by atoms with E-state index in [1.54, 1.807) is 0 Å². The molecule has 0 aliphatic heterocycles. The van der Waals surface area contributed by atoms with E-state index in [2.05, 4.69) is 4.74 Å². The lowest BCUT2D eigenvalue weighted by Crippen LogP contribution is -2.17. The molecule has 0 aliphatic carbocycles. The second-order valence-corrected chi connectivity index (χ2v) is 4.85. The molecule has 0 atom stereocenters. The van der Waals surface area contributed by atoms with Crippen molar-refractivity contribution in [3.63, 3.8) is 0 Å². The highest BCUT2D eigenvalue weighted by Gasteiger charge is 2.34. The van der Waals surface area contributed by atoms with Gasteiger partial charge in [0.2, 0.25) is 0 Å². The predicted molar refractivity (Wildman–Crippen MR) is 73.1 cm³/mol. The van der Waals surface area contributed by atoms with E-state index in [4.69, 9.17) is 11.6 Å². The first-order chi connectivity index (χ1) is 10.6. The Labute approximate surface area is 132 Å². The van der Waals surface area contributed by atoms with Gasteiger partial charge in [-0.25, -0.2) is 0 Å². The minimum atomic E-state index is -4.86. The number of ether oxygens (including phenoxy) is 1. The van der Waals surface area contributed by atoms with Crippen molar-refractivity contribution in [2.45, 2.75) is 18.4 Å². The van der Waals surface area contributed by atoms with E-state index in [1.165, 1.54) is 12.1 Å². The molecule has 0 saturated heterocycles. The van der Waals surface area contributed by atoms with Gasteiger partial charge in [-0.3, -0.25) is 0 Å². The highest BCUT2D eigenvalue weighted by Crippen LogP contribution is 2.38. The van der Waals surface area contributed by atoms with Crippen LogP contribution in [0, 0.1) is 0 Å². The molecule has 0 fully saturated rings. The fourth-order valence-electron chi connectivity index (χ4n) is 2.00. The van der Waals surface area contributed by atoms with Gasteiger partial charge < -0.3 is 4.74 Å². The first kappa shape index (κ1) is 17.5. The minimum Gasteiger partial charge on any atom is -0.406 e. The molecule has 124 valence electrons. The standard InChI is InChI=1S/C15H9ClF6O/c16-8-9-1-6-13(14(17,18)19)12(7-9)10-2-4-11(5-3-10)23-15(20,21)22/h1-7H,8H2. The van der Waals surface area contributed by atoms with E-state index < -0.39 is 23.9 Å².